The van der Waals surface area contributed by atoms with Gasteiger partial charge in [-0.15, -0.1) is 0 Å². The maximum Gasteiger partial charge on any atom is 0.240 e. The molecule has 4 nitrogen and oxygen atoms in total. The van der Waals surface area contributed by atoms with Crippen LogP contribution < -0.4 is 10.6 Å². The highest BCUT2D eigenvalue weighted by atomic mass is 16.3. The first kappa shape index (κ1) is 10.5. The van der Waals surface area contributed by atoms with E-state index in [0.717, 1.165) is 19.4 Å². The van der Waals surface area contributed by atoms with Crippen molar-refractivity contribution in [2.45, 2.75) is 38.3 Å². The van der Waals surface area contributed by atoms with Crippen LogP contribution in [0, 0.1) is 0 Å². The van der Waals surface area contributed by atoms with E-state index in [4.69, 9.17) is 5.11 Å². The molecule has 0 aromatic heterocycles. The van der Waals surface area contributed by atoms with Crippen LogP contribution in [0.25, 0.3) is 0 Å². The van der Waals surface area contributed by atoms with E-state index in [0.29, 0.717) is 6.54 Å². The van der Waals surface area contributed by atoms with E-state index in [1.807, 2.05) is 6.92 Å². The first-order chi connectivity index (χ1) is 6.04. The minimum absolute atomic E-state index is 0.00843. The van der Waals surface area contributed by atoms with Gasteiger partial charge in [-0.2, -0.15) is 0 Å². The molecule has 0 aromatic carbocycles. The highest BCUT2D eigenvalue weighted by Crippen LogP contribution is 2.18. The zero-order valence-electron chi connectivity index (χ0n) is 8.26. The van der Waals surface area contributed by atoms with Crippen LogP contribution in [0.5, 0.6) is 0 Å². The average Bonchev–Trinajstić information content (AvgIpc) is 2.49. The Morgan fingerprint density at radius 3 is 2.92 bits per heavy atom. The third kappa shape index (κ3) is 2.67. The molecule has 2 atom stereocenters. The van der Waals surface area contributed by atoms with Gasteiger partial charge in [-0.3, -0.25) is 4.79 Å². The fourth-order valence-corrected chi connectivity index (χ4v) is 1.52. The van der Waals surface area contributed by atoms with Gasteiger partial charge in [-0.25, -0.2) is 0 Å². The summed E-state index contributed by atoms with van der Waals surface area (Å²) in [6.45, 7) is 4.79. The molecule has 2 unspecified atom stereocenters. The fourth-order valence-electron chi connectivity index (χ4n) is 1.52. The Labute approximate surface area is 78.7 Å². The quantitative estimate of drug-likeness (QED) is 0.563. The molecule has 0 aromatic rings. The van der Waals surface area contributed by atoms with Crippen LogP contribution >= 0.6 is 0 Å². The Hall–Kier alpha value is -0.610. The first-order valence-electron chi connectivity index (χ1n) is 4.76. The molecule has 4 heteroatoms. The van der Waals surface area contributed by atoms with Gasteiger partial charge in [0.15, 0.2) is 0 Å². The molecule has 0 bridgehead atoms. The number of aliphatic hydroxyl groups excluding tert-OH is 1. The lowest BCUT2D eigenvalue weighted by Crippen LogP contribution is -2.52. The number of hydrogen-bond acceptors (Lipinski definition) is 3. The Kier molecular flexibility index (Phi) is 3.27. The van der Waals surface area contributed by atoms with E-state index in [1.54, 1.807) is 6.92 Å². The zero-order valence-corrected chi connectivity index (χ0v) is 8.26. The molecule has 1 aliphatic rings. The summed E-state index contributed by atoms with van der Waals surface area (Å²) in [6.07, 6.45) is 1.44. The molecule has 13 heavy (non-hydrogen) atoms. The zero-order chi connectivity index (χ0) is 9.90. The second-order valence-electron chi connectivity index (χ2n) is 3.92. The van der Waals surface area contributed by atoms with Gasteiger partial charge < -0.3 is 15.7 Å². The van der Waals surface area contributed by atoms with Crippen LogP contribution in [0.3, 0.4) is 0 Å². The van der Waals surface area contributed by atoms with Gasteiger partial charge in [-0.1, -0.05) is 0 Å². The minimum atomic E-state index is -0.478. The molecule has 1 saturated heterocycles. The predicted octanol–water partition coefficient (Wildman–Crippen LogP) is -0.374. The summed E-state index contributed by atoms with van der Waals surface area (Å²) in [7, 11) is 0. The molecule has 0 saturated carbocycles. The highest BCUT2D eigenvalue weighted by Gasteiger charge is 2.35. The average molecular weight is 186 g/mol. The van der Waals surface area contributed by atoms with Crippen molar-refractivity contribution in [2.24, 2.45) is 0 Å². The molecular formula is C9H18N2O2. The van der Waals surface area contributed by atoms with Crippen molar-refractivity contribution in [3.8, 4) is 0 Å². The van der Waals surface area contributed by atoms with Crippen molar-refractivity contribution in [1.82, 2.24) is 10.6 Å². The maximum atomic E-state index is 11.6. The molecule has 76 valence electrons. The molecule has 1 rings (SSSR count). The number of rotatable bonds is 3. The fraction of sp³-hybridized carbons (Fsp3) is 0.889. The Balaban J connectivity index is 2.38. The van der Waals surface area contributed by atoms with Crippen LogP contribution in [0.4, 0.5) is 0 Å². The molecular weight excluding hydrogens is 168 g/mol. The lowest BCUT2D eigenvalue weighted by molar-refractivity contribution is -0.126. The van der Waals surface area contributed by atoms with Gasteiger partial charge in [-0.05, 0) is 33.2 Å². The van der Waals surface area contributed by atoms with Crippen molar-refractivity contribution in [1.29, 1.82) is 0 Å². The standard InChI is InChI=1S/C9H18N2O2/c1-7(12)6-10-8(13)9(2)4-3-5-11-9/h7,11-12H,3-6H2,1-2H3,(H,10,13). The van der Waals surface area contributed by atoms with Gasteiger partial charge in [0.25, 0.3) is 0 Å². The molecule has 3 N–H and O–H groups in total. The SMILES string of the molecule is CC(O)CNC(=O)C1(C)CCCN1. The molecule has 1 heterocycles. The number of carbonyl (C=O) groups is 1. The smallest absolute Gasteiger partial charge is 0.240 e. The monoisotopic (exact) mass is 186 g/mol. The van der Waals surface area contributed by atoms with Crippen LogP contribution in [-0.4, -0.2) is 35.7 Å². The Morgan fingerprint density at radius 2 is 2.46 bits per heavy atom. The molecule has 0 aliphatic carbocycles. The first-order valence-corrected chi connectivity index (χ1v) is 4.76. The van der Waals surface area contributed by atoms with Gasteiger partial charge in [0.05, 0.1) is 11.6 Å². The van der Waals surface area contributed by atoms with Gasteiger partial charge in [0, 0.05) is 6.54 Å². The minimum Gasteiger partial charge on any atom is -0.392 e. The maximum absolute atomic E-state index is 11.6. The predicted molar refractivity (Wildman–Crippen MR) is 50.3 cm³/mol. The summed E-state index contributed by atoms with van der Waals surface area (Å²) < 4.78 is 0. The summed E-state index contributed by atoms with van der Waals surface area (Å²) in [4.78, 5) is 11.6. The van der Waals surface area contributed by atoms with E-state index in [-0.39, 0.29) is 5.91 Å². The van der Waals surface area contributed by atoms with Gasteiger partial charge in [0.1, 0.15) is 0 Å². The van der Waals surface area contributed by atoms with E-state index in [1.165, 1.54) is 0 Å². The highest BCUT2D eigenvalue weighted by molar-refractivity contribution is 5.86. The van der Waals surface area contributed by atoms with Crippen molar-refractivity contribution < 1.29 is 9.90 Å². The molecule has 1 amide bonds. The summed E-state index contributed by atoms with van der Waals surface area (Å²) in [6, 6.07) is 0. The second-order valence-corrected chi connectivity index (χ2v) is 3.92. The normalized spacial score (nSPS) is 30.1. The van der Waals surface area contributed by atoms with E-state index >= 15 is 0 Å². The van der Waals surface area contributed by atoms with Crippen LogP contribution in [-0.2, 0) is 4.79 Å². The second kappa shape index (κ2) is 4.07. The summed E-state index contributed by atoms with van der Waals surface area (Å²) in [5.74, 6) is -0.00843. The molecule has 0 radical (unpaired) electrons. The van der Waals surface area contributed by atoms with E-state index in [2.05, 4.69) is 10.6 Å². The Morgan fingerprint density at radius 1 is 1.77 bits per heavy atom. The third-order valence-corrected chi connectivity index (χ3v) is 2.43. The number of hydrogen-bond donors (Lipinski definition) is 3. The van der Waals surface area contributed by atoms with Gasteiger partial charge in [0.2, 0.25) is 5.91 Å². The lowest BCUT2D eigenvalue weighted by atomic mass is 9.99. The van der Waals surface area contributed by atoms with Crippen molar-refractivity contribution in [2.75, 3.05) is 13.1 Å². The largest absolute Gasteiger partial charge is 0.392 e. The van der Waals surface area contributed by atoms with Crippen LogP contribution in [0.2, 0.25) is 0 Å². The topological polar surface area (TPSA) is 61.4 Å². The number of nitrogens with one attached hydrogen (secondary N) is 2. The number of carbonyl (C=O) groups excluding carboxylic acids is 1. The van der Waals surface area contributed by atoms with Gasteiger partial charge >= 0.3 is 0 Å². The summed E-state index contributed by atoms with van der Waals surface area (Å²) >= 11 is 0. The lowest BCUT2D eigenvalue weighted by Gasteiger charge is -2.23. The van der Waals surface area contributed by atoms with Crippen molar-refractivity contribution in [3.05, 3.63) is 0 Å². The van der Waals surface area contributed by atoms with E-state index in [9.17, 15) is 4.79 Å². The van der Waals surface area contributed by atoms with Crippen LogP contribution in [0.1, 0.15) is 26.7 Å². The van der Waals surface area contributed by atoms with E-state index < -0.39 is 11.6 Å². The molecule has 1 fully saturated rings. The summed E-state index contributed by atoms with van der Waals surface area (Å²) in [5.41, 5.74) is -0.422. The van der Waals surface area contributed by atoms with Crippen molar-refractivity contribution >= 4 is 5.91 Å². The molecule has 0 spiro atoms. The molecule has 1 aliphatic heterocycles. The van der Waals surface area contributed by atoms with Crippen molar-refractivity contribution in [3.63, 3.8) is 0 Å². The number of amides is 1. The summed E-state index contributed by atoms with van der Waals surface area (Å²) in [5, 5.41) is 14.9. The Bertz CT molecular complexity index is 186. The number of aliphatic hydroxyl groups is 1. The third-order valence-electron chi connectivity index (χ3n) is 2.43. The van der Waals surface area contributed by atoms with Crippen LogP contribution in [0.15, 0.2) is 0 Å².